The second-order valence-electron chi connectivity index (χ2n) is 8.29. The summed E-state index contributed by atoms with van der Waals surface area (Å²) in [4.78, 5) is 6.56. The zero-order valence-electron chi connectivity index (χ0n) is 18.4. The summed E-state index contributed by atoms with van der Waals surface area (Å²) in [6.45, 7) is 4.30. The Morgan fingerprint density at radius 3 is 2.66 bits per heavy atom. The Kier molecular flexibility index (Phi) is 7.00. The van der Waals surface area contributed by atoms with Gasteiger partial charge in [-0.1, -0.05) is 53.2 Å². The number of nitrogens with two attached hydrogens (primary N) is 1. The Hall–Kier alpha value is -3.41. The molecule has 2 aromatic carbocycles. The lowest BCUT2D eigenvalue weighted by molar-refractivity contribution is 0.336. The maximum atomic E-state index is 14.6. The molecule has 3 aromatic rings. The van der Waals surface area contributed by atoms with E-state index in [0.717, 1.165) is 48.3 Å². The molecule has 0 radical (unpaired) electrons. The average Bonchev–Trinajstić information content (AvgIpc) is 3.25. The van der Waals surface area contributed by atoms with Gasteiger partial charge in [0.2, 0.25) is 0 Å². The first-order valence-electron chi connectivity index (χ1n) is 11.1. The lowest BCUT2D eigenvalue weighted by Gasteiger charge is -2.27. The Balaban J connectivity index is 1.37. The zero-order valence-corrected chi connectivity index (χ0v) is 18.4. The van der Waals surface area contributed by atoms with Crippen LogP contribution in [-0.2, 0) is 13.0 Å². The van der Waals surface area contributed by atoms with E-state index >= 15 is 0 Å². The molecule has 6 heteroatoms. The Morgan fingerprint density at radius 2 is 1.91 bits per heavy atom. The van der Waals surface area contributed by atoms with Gasteiger partial charge in [0.05, 0.1) is 0 Å². The van der Waals surface area contributed by atoms with Gasteiger partial charge < -0.3 is 15.2 Å². The Bertz CT molecular complexity index is 1100. The van der Waals surface area contributed by atoms with Crippen molar-refractivity contribution in [2.75, 3.05) is 13.1 Å². The van der Waals surface area contributed by atoms with Crippen LogP contribution in [0, 0.1) is 5.82 Å². The van der Waals surface area contributed by atoms with Crippen molar-refractivity contribution in [1.82, 2.24) is 10.1 Å². The van der Waals surface area contributed by atoms with Crippen molar-refractivity contribution >= 4 is 12.0 Å². The van der Waals surface area contributed by atoms with Gasteiger partial charge in [0.1, 0.15) is 18.1 Å². The van der Waals surface area contributed by atoms with Crippen molar-refractivity contribution in [2.45, 2.75) is 39.2 Å². The molecule has 32 heavy (non-hydrogen) atoms. The molecule has 1 fully saturated rings. The number of allylic oxidation sites excluding steroid dienone is 1. The molecule has 1 aliphatic heterocycles. The number of benzene rings is 2. The standard InChI is InChI=1S/C26H29FN4O/c1-19(14-20-10-11-24(25(27)16-20)21-8-4-2-5-9-21)15-22-17-23(32-30-22)18-29-26(28)31-12-6-3-7-13-31/h2,4-5,8-11,15-17H,3,6-7,12-14,18H2,1H3,(H2,28,29). The summed E-state index contributed by atoms with van der Waals surface area (Å²) in [5.74, 6) is 1.02. The van der Waals surface area contributed by atoms with Crippen molar-refractivity contribution < 1.29 is 8.91 Å². The number of hydrogen-bond donors (Lipinski definition) is 1. The van der Waals surface area contributed by atoms with Crippen LogP contribution in [0.2, 0.25) is 0 Å². The highest BCUT2D eigenvalue weighted by molar-refractivity contribution is 5.78. The van der Waals surface area contributed by atoms with Gasteiger partial charge in [-0.3, -0.25) is 0 Å². The molecule has 166 valence electrons. The fraction of sp³-hybridized carbons (Fsp3) is 0.308. The molecule has 0 unspecified atom stereocenters. The molecule has 1 saturated heterocycles. The molecular weight excluding hydrogens is 403 g/mol. The molecular formula is C26H29FN4O. The zero-order chi connectivity index (χ0) is 22.3. The fourth-order valence-electron chi connectivity index (χ4n) is 4.00. The number of aliphatic imine (C=N–C) groups is 1. The third-order valence-corrected chi connectivity index (χ3v) is 5.65. The molecule has 1 aliphatic rings. The first-order chi connectivity index (χ1) is 15.6. The SMILES string of the molecule is CC(=Cc1cc(CN=C(N)N2CCCCC2)on1)Cc1ccc(-c2ccccc2)c(F)c1. The molecule has 0 bridgehead atoms. The van der Waals surface area contributed by atoms with Crippen molar-refractivity contribution in [2.24, 2.45) is 10.7 Å². The minimum absolute atomic E-state index is 0.214. The second kappa shape index (κ2) is 10.3. The van der Waals surface area contributed by atoms with Crippen LogP contribution >= 0.6 is 0 Å². The number of guanidine groups is 1. The summed E-state index contributed by atoms with van der Waals surface area (Å²) in [6.07, 6.45) is 6.16. The van der Waals surface area contributed by atoms with E-state index in [1.54, 1.807) is 6.07 Å². The third-order valence-electron chi connectivity index (χ3n) is 5.65. The molecule has 0 aliphatic carbocycles. The quantitative estimate of drug-likeness (QED) is 0.417. The summed E-state index contributed by atoms with van der Waals surface area (Å²) < 4.78 is 20.0. The average molecular weight is 433 g/mol. The highest BCUT2D eigenvalue weighted by Crippen LogP contribution is 2.24. The van der Waals surface area contributed by atoms with E-state index in [1.165, 1.54) is 6.42 Å². The van der Waals surface area contributed by atoms with Crippen LogP contribution in [0.5, 0.6) is 0 Å². The van der Waals surface area contributed by atoms with E-state index in [0.29, 0.717) is 30.2 Å². The predicted octanol–water partition coefficient (Wildman–Crippen LogP) is 5.43. The van der Waals surface area contributed by atoms with E-state index in [9.17, 15) is 4.39 Å². The van der Waals surface area contributed by atoms with Gasteiger partial charge in [-0.15, -0.1) is 0 Å². The highest BCUT2D eigenvalue weighted by atomic mass is 19.1. The first kappa shape index (κ1) is 21.8. The van der Waals surface area contributed by atoms with Crippen molar-refractivity contribution in [1.29, 1.82) is 0 Å². The maximum Gasteiger partial charge on any atom is 0.191 e. The van der Waals surface area contributed by atoms with Crippen molar-refractivity contribution in [3.05, 3.63) is 83.0 Å². The number of likely N-dealkylation sites (tertiary alicyclic amines) is 1. The molecule has 0 spiro atoms. The lowest BCUT2D eigenvalue weighted by atomic mass is 10.00. The summed E-state index contributed by atoms with van der Waals surface area (Å²) in [5, 5.41) is 4.11. The maximum absolute atomic E-state index is 14.6. The smallest absolute Gasteiger partial charge is 0.191 e. The number of halogens is 1. The minimum atomic E-state index is -0.214. The van der Waals surface area contributed by atoms with Crippen LogP contribution in [-0.4, -0.2) is 29.1 Å². The molecule has 5 nitrogen and oxygen atoms in total. The normalized spacial score (nSPS) is 15.2. The predicted molar refractivity (Wildman–Crippen MR) is 126 cm³/mol. The van der Waals surface area contributed by atoms with E-state index in [1.807, 2.05) is 61.5 Å². The first-order valence-corrected chi connectivity index (χ1v) is 11.1. The summed E-state index contributed by atoms with van der Waals surface area (Å²) in [7, 11) is 0. The largest absolute Gasteiger partial charge is 0.370 e. The van der Waals surface area contributed by atoms with Crippen molar-refractivity contribution in [3.8, 4) is 11.1 Å². The summed E-state index contributed by atoms with van der Waals surface area (Å²) in [6, 6.07) is 16.9. The van der Waals surface area contributed by atoms with Crippen LogP contribution < -0.4 is 5.73 Å². The molecule has 0 saturated carbocycles. The summed E-state index contributed by atoms with van der Waals surface area (Å²) >= 11 is 0. The van der Waals surface area contributed by atoms with E-state index in [2.05, 4.69) is 15.0 Å². The minimum Gasteiger partial charge on any atom is -0.370 e. The van der Waals surface area contributed by atoms with E-state index in [-0.39, 0.29) is 5.82 Å². The van der Waals surface area contributed by atoms with Gasteiger partial charge in [0.15, 0.2) is 11.7 Å². The molecule has 0 amide bonds. The molecule has 0 atom stereocenters. The van der Waals surface area contributed by atoms with Gasteiger partial charge >= 0.3 is 0 Å². The Morgan fingerprint density at radius 1 is 1.12 bits per heavy atom. The van der Waals surface area contributed by atoms with Crippen LogP contribution in [0.1, 0.15) is 43.2 Å². The van der Waals surface area contributed by atoms with Gasteiger partial charge in [0.25, 0.3) is 0 Å². The van der Waals surface area contributed by atoms with Crippen molar-refractivity contribution in [3.63, 3.8) is 0 Å². The van der Waals surface area contributed by atoms with Crippen LogP contribution in [0.4, 0.5) is 4.39 Å². The number of aromatic nitrogens is 1. The molecule has 4 rings (SSSR count). The van der Waals surface area contributed by atoms with E-state index in [4.69, 9.17) is 10.3 Å². The topological polar surface area (TPSA) is 67.7 Å². The monoisotopic (exact) mass is 432 g/mol. The second-order valence-corrected chi connectivity index (χ2v) is 8.29. The van der Waals surface area contributed by atoms with Gasteiger partial charge in [-0.2, -0.15) is 0 Å². The van der Waals surface area contributed by atoms with Crippen LogP contribution in [0.25, 0.3) is 17.2 Å². The molecule has 1 aromatic heterocycles. The number of nitrogens with zero attached hydrogens (tertiary/aromatic N) is 3. The lowest BCUT2D eigenvalue weighted by Crippen LogP contribution is -2.40. The number of hydrogen-bond acceptors (Lipinski definition) is 3. The van der Waals surface area contributed by atoms with Gasteiger partial charge in [0, 0.05) is 24.7 Å². The fourth-order valence-corrected chi connectivity index (χ4v) is 4.00. The highest BCUT2D eigenvalue weighted by Gasteiger charge is 2.12. The van der Waals surface area contributed by atoms with E-state index < -0.39 is 0 Å². The number of rotatable bonds is 6. The van der Waals surface area contributed by atoms with Crippen LogP contribution in [0.15, 0.2) is 69.7 Å². The Labute approximate surface area is 188 Å². The molecule has 2 N–H and O–H groups in total. The van der Waals surface area contributed by atoms with Crippen LogP contribution in [0.3, 0.4) is 0 Å². The third kappa shape index (κ3) is 5.63. The van der Waals surface area contributed by atoms with Gasteiger partial charge in [-0.25, -0.2) is 9.38 Å². The summed E-state index contributed by atoms with van der Waals surface area (Å²) in [5.41, 5.74) is 10.3. The number of piperidine rings is 1. The molecule has 2 heterocycles. The van der Waals surface area contributed by atoms with Gasteiger partial charge in [-0.05, 0) is 55.9 Å².